The predicted molar refractivity (Wildman–Crippen MR) is 73.5 cm³/mol. The Balaban J connectivity index is 2.47. The molecule has 0 atom stereocenters. The second kappa shape index (κ2) is 5.08. The molecule has 4 nitrogen and oxygen atoms in total. The fourth-order valence-corrected chi connectivity index (χ4v) is 1.87. The van der Waals surface area contributed by atoms with Crippen LogP contribution in [0, 0.1) is 0 Å². The summed E-state index contributed by atoms with van der Waals surface area (Å²) in [5.41, 5.74) is 9.91. The van der Waals surface area contributed by atoms with E-state index >= 15 is 0 Å². The number of hydrogen-bond acceptors (Lipinski definition) is 4. The number of carbonyl (C=O) groups is 1. The number of carbonyl (C=O) groups excluding carboxylic acids is 1. The van der Waals surface area contributed by atoms with Gasteiger partial charge in [0.15, 0.2) is 5.78 Å². The lowest BCUT2D eigenvalue weighted by molar-refractivity contribution is 0.103. The van der Waals surface area contributed by atoms with Gasteiger partial charge in [0, 0.05) is 11.1 Å². The van der Waals surface area contributed by atoms with Crippen LogP contribution in [-0.4, -0.2) is 5.78 Å². The van der Waals surface area contributed by atoms with Crippen LogP contribution in [0.3, 0.4) is 0 Å². The fraction of sp³-hybridized carbons (Fsp3) is 0. The summed E-state index contributed by atoms with van der Waals surface area (Å²) in [6.07, 6.45) is 0. The molecule has 5 heteroatoms. The van der Waals surface area contributed by atoms with Gasteiger partial charge in [-0.05, 0) is 12.1 Å². The molecule has 0 radical (unpaired) electrons. The topological polar surface area (TPSA) is 81.1 Å². The molecule has 0 bridgehead atoms. The van der Waals surface area contributed by atoms with Crippen LogP contribution in [0.5, 0.6) is 0 Å². The molecule has 18 heavy (non-hydrogen) atoms. The minimum absolute atomic E-state index is 0.168. The number of hydrogen-bond donors (Lipinski definition) is 3. The number of nitrogens with two attached hydrogens (primary N) is 2. The monoisotopic (exact) mass is 261 g/mol. The Labute approximate surface area is 110 Å². The minimum atomic E-state index is -0.168. The first kappa shape index (κ1) is 12.4. The number of nitrogen functional groups attached to an aromatic ring is 2. The molecule has 5 N–H and O–H groups in total. The van der Waals surface area contributed by atoms with Crippen molar-refractivity contribution in [1.29, 1.82) is 0 Å². The van der Waals surface area contributed by atoms with Gasteiger partial charge in [-0.2, -0.15) is 0 Å². The first-order chi connectivity index (χ1) is 8.65. The number of hydrazine groups is 1. The molecule has 2 rings (SSSR count). The van der Waals surface area contributed by atoms with Gasteiger partial charge in [0.05, 0.1) is 16.4 Å². The van der Waals surface area contributed by atoms with E-state index in [4.69, 9.17) is 23.2 Å². The van der Waals surface area contributed by atoms with Gasteiger partial charge in [-0.15, -0.1) is 0 Å². The molecule has 0 heterocycles. The third kappa shape index (κ3) is 2.16. The molecule has 2 aromatic carbocycles. The van der Waals surface area contributed by atoms with Gasteiger partial charge in [0.2, 0.25) is 0 Å². The maximum absolute atomic E-state index is 12.2. The van der Waals surface area contributed by atoms with Crippen LogP contribution in [0.1, 0.15) is 15.9 Å². The van der Waals surface area contributed by atoms with E-state index in [0.29, 0.717) is 16.8 Å². The van der Waals surface area contributed by atoms with Gasteiger partial charge >= 0.3 is 0 Å². The predicted octanol–water partition coefficient (Wildman–Crippen LogP) is 2.44. The summed E-state index contributed by atoms with van der Waals surface area (Å²) < 4.78 is 0. The molecule has 0 amide bonds. The van der Waals surface area contributed by atoms with Crippen LogP contribution in [0.15, 0.2) is 42.5 Å². The summed E-state index contributed by atoms with van der Waals surface area (Å²) in [6, 6.07) is 12.1. The van der Waals surface area contributed by atoms with E-state index < -0.39 is 0 Å². The molecule has 92 valence electrons. The Hall–Kier alpha value is -2.04. The molecule has 0 unspecified atom stereocenters. The maximum atomic E-state index is 12.2. The first-order valence-corrected chi connectivity index (χ1v) is 5.67. The third-order valence-corrected chi connectivity index (χ3v) is 3.02. The molecule has 2 aromatic rings. The van der Waals surface area contributed by atoms with Gasteiger partial charge < -0.3 is 11.2 Å². The Morgan fingerprint density at radius 1 is 1.11 bits per heavy atom. The van der Waals surface area contributed by atoms with Gasteiger partial charge in [0.1, 0.15) is 0 Å². The normalized spacial score (nSPS) is 10.1. The van der Waals surface area contributed by atoms with Gasteiger partial charge in [-0.1, -0.05) is 41.9 Å². The summed E-state index contributed by atoms with van der Waals surface area (Å²) in [5, 5.41) is 0.249. The number of rotatable bonds is 3. The highest BCUT2D eigenvalue weighted by atomic mass is 35.5. The summed E-state index contributed by atoms with van der Waals surface area (Å²) in [7, 11) is 0. The van der Waals surface area contributed by atoms with E-state index in [9.17, 15) is 4.79 Å². The van der Waals surface area contributed by atoms with Crippen molar-refractivity contribution >= 4 is 28.8 Å². The van der Waals surface area contributed by atoms with Crippen molar-refractivity contribution < 1.29 is 4.79 Å². The smallest absolute Gasteiger partial charge is 0.195 e. The highest BCUT2D eigenvalue weighted by molar-refractivity contribution is 6.37. The second-order valence-electron chi connectivity index (χ2n) is 3.73. The zero-order chi connectivity index (χ0) is 13.1. The third-order valence-electron chi connectivity index (χ3n) is 2.62. The molecule has 0 spiro atoms. The maximum Gasteiger partial charge on any atom is 0.195 e. The SMILES string of the molecule is NNc1ccc(C(=O)c2ccccc2)c(N)c1Cl. The first-order valence-electron chi connectivity index (χ1n) is 5.29. The summed E-state index contributed by atoms with van der Waals surface area (Å²) in [5.74, 6) is 5.11. The number of halogens is 1. The summed E-state index contributed by atoms with van der Waals surface area (Å²) in [4.78, 5) is 12.2. The lowest BCUT2D eigenvalue weighted by Crippen LogP contribution is -2.11. The average Bonchev–Trinajstić information content (AvgIpc) is 2.42. The van der Waals surface area contributed by atoms with Gasteiger partial charge in [-0.3, -0.25) is 10.6 Å². The Kier molecular flexibility index (Phi) is 3.50. The lowest BCUT2D eigenvalue weighted by atomic mass is 10.0. The molecule has 0 aliphatic rings. The van der Waals surface area contributed by atoms with E-state index in [1.807, 2.05) is 6.07 Å². The standard InChI is InChI=1S/C13H12ClN3O/c14-11-10(17-16)7-6-9(12(11)15)13(18)8-4-2-1-3-5-8/h1-7,17H,15-16H2. The highest BCUT2D eigenvalue weighted by Crippen LogP contribution is 2.31. The molecule has 0 saturated heterocycles. The minimum Gasteiger partial charge on any atom is -0.397 e. The largest absolute Gasteiger partial charge is 0.397 e. The van der Waals surface area contributed by atoms with Crippen LogP contribution in [0.4, 0.5) is 11.4 Å². The van der Waals surface area contributed by atoms with Crippen molar-refractivity contribution in [3.8, 4) is 0 Å². The Morgan fingerprint density at radius 2 is 1.78 bits per heavy atom. The lowest BCUT2D eigenvalue weighted by Gasteiger charge is -2.10. The number of ketones is 1. The molecular formula is C13H12ClN3O. The Bertz CT molecular complexity index is 584. The van der Waals surface area contributed by atoms with Gasteiger partial charge in [0.25, 0.3) is 0 Å². The van der Waals surface area contributed by atoms with Crippen LogP contribution < -0.4 is 17.0 Å². The Morgan fingerprint density at radius 3 is 2.39 bits per heavy atom. The van der Waals surface area contributed by atoms with E-state index in [2.05, 4.69) is 5.43 Å². The van der Waals surface area contributed by atoms with Crippen LogP contribution in [-0.2, 0) is 0 Å². The van der Waals surface area contributed by atoms with Crippen LogP contribution in [0.2, 0.25) is 5.02 Å². The van der Waals surface area contributed by atoms with Crippen molar-refractivity contribution in [2.45, 2.75) is 0 Å². The number of anilines is 2. The van der Waals surface area contributed by atoms with Crippen molar-refractivity contribution in [3.05, 3.63) is 58.6 Å². The van der Waals surface area contributed by atoms with Crippen molar-refractivity contribution in [1.82, 2.24) is 0 Å². The molecule has 0 fully saturated rings. The summed E-state index contributed by atoms with van der Waals surface area (Å²) >= 11 is 6.01. The molecule has 0 aliphatic heterocycles. The quantitative estimate of drug-likeness (QED) is 0.343. The van der Waals surface area contributed by atoms with Crippen molar-refractivity contribution in [2.24, 2.45) is 5.84 Å². The van der Waals surface area contributed by atoms with E-state index in [1.165, 1.54) is 0 Å². The molecular weight excluding hydrogens is 250 g/mol. The fourth-order valence-electron chi connectivity index (χ4n) is 1.65. The number of benzene rings is 2. The zero-order valence-electron chi connectivity index (χ0n) is 9.48. The summed E-state index contributed by atoms with van der Waals surface area (Å²) in [6.45, 7) is 0. The number of nitrogens with one attached hydrogen (secondary N) is 1. The zero-order valence-corrected chi connectivity index (χ0v) is 10.2. The molecule has 0 aliphatic carbocycles. The van der Waals surface area contributed by atoms with Crippen LogP contribution >= 0.6 is 11.6 Å². The highest BCUT2D eigenvalue weighted by Gasteiger charge is 2.15. The molecule has 0 aromatic heterocycles. The van der Waals surface area contributed by atoms with Gasteiger partial charge in [-0.25, -0.2) is 0 Å². The molecule has 0 saturated carbocycles. The van der Waals surface area contributed by atoms with E-state index in [1.54, 1.807) is 36.4 Å². The van der Waals surface area contributed by atoms with E-state index in [0.717, 1.165) is 0 Å². The van der Waals surface area contributed by atoms with Crippen molar-refractivity contribution in [3.63, 3.8) is 0 Å². The van der Waals surface area contributed by atoms with E-state index in [-0.39, 0.29) is 16.5 Å². The van der Waals surface area contributed by atoms with Crippen LogP contribution in [0.25, 0.3) is 0 Å². The second-order valence-corrected chi connectivity index (χ2v) is 4.11. The average molecular weight is 262 g/mol. The van der Waals surface area contributed by atoms with Crippen molar-refractivity contribution in [2.75, 3.05) is 11.2 Å².